The molecule has 0 N–H and O–H groups in total. The van der Waals surface area contributed by atoms with Gasteiger partial charge in [0.05, 0.1) is 25.1 Å². The van der Waals surface area contributed by atoms with E-state index in [0.29, 0.717) is 5.88 Å². The molecule has 0 saturated carbocycles. The van der Waals surface area contributed by atoms with Gasteiger partial charge in [0, 0.05) is 19.3 Å². The van der Waals surface area contributed by atoms with Crippen molar-refractivity contribution < 1.29 is 9.47 Å². The van der Waals surface area contributed by atoms with E-state index in [9.17, 15) is 0 Å². The molecule has 1 fully saturated rings. The predicted octanol–water partition coefficient (Wildman–Crippen LogP) is 2.84. The summed E-state index contributed by atoms with van der Waals surface area (Å²) in [7, 11) is 0. The molecule has 0 spiro atoms. The second-order valence-electron chi connectivity index (χ2n) is 5.80. The Bertz CT molecular complexity index is 610. The van der Waals surface area contributed by atoms with Gasteiger partial charge in [-0.15, -0.1) is 0 Å². The monoisotopic (exact) mass is 313 g/mol. The molecule has 0 radical (unpaired) electrons. The van der Waals surface area contributed by atoms with Crippen LogP contribution in [0.3, 0.4) is 0 Å². The Morgan fingerprint density at radius 3 is 2.65 bits per heavy atom. The molecule has 1 aliphatic rings. The van der Waals surface area contributed by atoms with Crippen LogP contribution >= 0.6 is 0 Å². The van der Waals surface area contributed by atoms with E-state index >= 15 is 0 Å². The Kier molecular flexibility index (Phi) is 5.56. The Morgan fingerprint density at radius 2 is 1.91 bits per heavy atom. The van der Waals surface area contributed by atoms with Crippen LogP contribution < -0.4 is 4.74 Å². The Labute approximate surface area is 137 Å². The lowest BCUT2D eigenvalue weighted by Crippen LogP contribution is -2.36. The Hall–Kier alpha value is -1.98. The first kappa shape index (κ1) is 15.9. The van der Waals surface area contributed by atoms with Crippen molar-refractivity contribution in [3.63, 3.8) is 0 Å². The topological polar surface area (TPSA) is 47.5 Å². The molecule has 0 unspecified atom stereocenters. The molecule has 23 heavy (non-hydrogen) atoms. The van der Waals surface area contributed by atoms with E-state index in [1.807, 2.05) is 19.1 Å². The van der Waals surface area contributed by atoms with E-state index in [4.69, 9.17) is 9.47 Å². The molecule has 5 heteroatoms. The van der Waals surface area contributed by atoms with Crippen molar-refractivity contribution in [3.8, 4) is 11.6 Å². The molecule has 1 aromatic heterocycles. The average Bonchev–Trinajstić information content (AvgIpc) is 2.58. The third-order valence-corrected chi connectivity index (χ3v) is 3.92. The summed E-state index contributed by atoms with van der Waals surface area (Å²) < 4.78 is 11.1. The van der Waals surface area contributed by atoms with Gasteiger partial charge in [-0.1, -0.05) is 12.1 Å². The van der Waals surface area contributed by atoms with Crippen molar-refractivity contribution >= 4 is 0 Å². The van der Waals surface area contributed by atoms with E-state index in [1.165, 1.54) is 12.0 Å². The minimum Gasteiger partial charge on any atom is -0.437 e. The zero-order valence-electron chi connectivity index (χ0n) is 13.6. The number of nitrogens with zero attached hydrogens (tertiary/aromatic N) is 3. The number of rotatable bonds is 6. The van der Waals surface area contributed by atoms with Crippen LogP contribution in [0.15, 0.2) is 36.7 Å². The molecule has 5 nitrogen and oxygen atoms in total. The van der Waals surface area contributed by atoms with Crippen LogP contribution in [0.4, 0.5) is 0 Å². The highest BCUT2D eigenvalue weighted by atomic mass is 16.5. The lowest BCUT2D eigenvalue weighted by Gasteiger charge is -2.26. The number of hydrogen-bond acceptors (Lipinski definition) is 5. The van der Waals surface area contributed by atoms with E-state index in [2.05, 4.69) is 27.0 Å². The van der Waals surface area contributed by atoms with Gasteiger partial charge < -0.3 is 9.47 Å². The normalized spacial score (nSPS) is 15.5. The van der Waals surface area contributed by atoms with Crippen LogP contribution in [-0.2, 0) is 11.2 Å². The molecular weight excluding hydrogens is 290 g/mol. The highest BCUT2D eigenvalue weighted by Crippen LogP contribution is 2.19. The van der Waals surface area contributed by atoms with E-state index in [-0.39, 0.29) is 0 Å². The van der Waals surface area contributed by atoms with Crippen LogP contribution in [0.25, 0.3) is 0 Å². The summed E-state index contributed by atoms with van der Waals surface area (Å²) in [4.78, 5) is 10.8. The maximum absolute atomic E-state index is 5.72. The summed E-state index contributed by atoms with van der Waals surface area (Å²) in [6.07, 6.45) is 5.60. The SMILES string of the molecule is Cc1cncc(Oc2ccc(CCCN3CCOCC3)cc2)n1. The molecule has 1 saturated heterocycles. The van der Waals surface area contributed by atoms with Gasteiger partial charge in [-0.25, -0.2) is 4.98 Å². The van der Waals surface area contributed by atoms with Gasteiger partial charge in [0.1, 0.15) is 5.75 Å². The summed E-state index contributed by atoms with van der Waals surface area (Å²) in [5.74, 6) is 1.33. The fraction of sp³-hybridized carbons (Fsp3) is 0.444. The highest BCUT2D eigenvalue weighted by Gasteiger charge is 2.09. The summed E-state index contributed by atoms with van der Waals surface area (Å²) in [5, 5.41) is 0. The van der Waals surface area contributed by atoms with Crippen LogP contribution in [0.5, 0.6) is 11.6 Å². The van der Waals surface area contributed by atoms with Crippen LogP contribution in [0.2, 0.25) is 0 Å². The number of benzene rings is 1. The molecule has 122 valence electrons. The molecule has 1 aliphatic heterocycles. The number of hydrogen-bond donors (Lipinski definition) is 0. The summed E-state index contributed by atoms with van der Waals surface area (Å²) in [6.45, 7) is 6.90. The van der Waals surface area contributed by atoms with Crippen molar-refractivity contribution in [3.05, 3.63) is 47.9 Å². The van der Waals surface area contributed by atoms with Crippen LogP contribution in [0, 0.1) is 6.92 Å². The molecule has 0 amide bonds. The van der Waals surface area contributed by atoms with Gasteiger partial charge in [-0.3, -0.25) is 9.88 Å². The molecule has 3 rings (SSSR count). The fourth-order valence-corrected chi connectivity index (χ4v) is 2.67. The molecule has 1 aromatic carbocycles. The first-order chi connectivity index (χ1) is 11.3. The van der Waals surface area contributed by atoms with Gasteiger partial charge in [0.25, 0.3) is 0 Å². The first-order valence-electron chi connectivity index (χ1n) is 8.15. The standard InChI is InChI=1S/C18H23N3O2/c1-15-13-19-14-18(20-15)23-17-6-4-16(5-7-17)3-2-8-21-9-11-22-12-10-21/h4-7,13-14H,2-3,8-12H2,1H3. The van der Waals surface area contributed by atoms with Crippen LogP contribution in [0.1, 0.15) is 17.7 Å². The van der Waals surface area contributed by atoms with E-state index < -0.39 is 0 Å². The number of aromatic nitrogens is 2. The predicted molar refractivity (Wildman–Crippen MR) is 88.9 cm³/mol. The highest BCUT2D eigenvalue weighted by molar-refractivity contribution is 5.30. The first-order valence-corrected chi connectivity index (χ1v) is 8.15. The third kappa shape index (κ3) is 5.01. The van der Waals surface area contributed by atoms with Gasteiger partial charge in [0.2, 0.25) is 5.88 Å². The average molecular weight is 313 g/mol. The molecule has 0 aliphatic carbocycles. The van der Waals surface area contributed by atoms with Gasteiger partial charge in [0.15, 0.2) is 0 Å². The fourth-order valence-electron chi connectivity index (χ4n) is 2.67. The molecule has 0 bridgehead atoms. The zero-order chi connectivity index (χ0) is 15.9. The maximum Gasteiger partial charge on any atom is 0.238 e. The number of ether oxygens (including phenoxy) is 2. The molecular formula is C18H23N3O2. The second kappa shape index (κ2) is 8.04. The lowest BCUT2D eigenvalue weighted by atomic mass is 10.1. The summed E-state index contributed by atoms with van der Waals surface area (Å²) in [6, 6.07) is 8.23. The third-order valence-electron chi connectivity index (χ3n) is 3.92. The van der Waals surface area contributed by atoms with E-state index in [1.54, 1.807) is 12.4 Å². The van der Waals surface area contributed by atoms with Gasteiger partial charge in [-0.05, 0) is 44.0 Å². The largest absolute Gasteiger partial charge is 0.437 e. The minimum atomic E-state index is 0.532. The minimum absolute atomic E-state index is 0.532. The second-order valence-corrected chi connectivity index (χ2v) is 5.80. The summed E-state index contributed by atoms with van der Waals surface area (Å²) >= 11 is 0. The van der Waals surface area contributed by atoms with Crippen molar-refractivity contribution in [2.24, 2.45) is 0 Å². The molecule has 0 atom stereocenters. The van der Waals surface area contributed by atoms with Crippen molar-refractivity contribution in [1.82, 2.24) is 14.9 Å². The molecule has 2 aromatic rings. The Balaban J connectivity index is 1.47. The van der Waals surface area contributed by atoms with Gasteiger partial charge >= 0.3 is 0 Å². The Morgan fingerprint density at radius 1 is 1.13 bits per heavy atom. The quantitative estimate of drug-likeness (QED) is 0.820. The van der Waals surface area contributed by atoms with E-state index in [0.717, 1.165) is 50.7 Å². The van der Waals surface area contributed by atoms with Gasteiger partial charge in [-0.2, -0.15) is 0 Å². The molecule has 2 heterocycles. The summed E-state index contributed by atoms with van der Waals surface area (Å²) in [5.41, 5.74) is 2.18. The van der Waals surface area contributed by atoms with Crippen molar-refractivity contribution in [1.29, 1.82) is 0 Å². The van der Waals surface area contributed by atoms with Crippen molar-refractivity contribution in [2.45, 2.75) is 19.8 Å². The smallest absolute Gasteiger partial charge is 0.238 e. The maximum atomic E-state index is 5.72. The lowest BCUT2D eigenvalue weighted by molar-refractivity contribution is 0.0374. The van der Waals surface area contributed by atoms with Crippen molar-refractivity contribution in [2.75, 3.05) is 32.8 Å². The zero-order valence-corrected chi connectivity index (χ0v) is 13.6. The van der Waals surface area contributed by atoms with Crippen LogP contribution in [-0.4, -0.2) is 47.7 Å². The number of morpholine rings is 1. The number of aryl methyl sites for hydroxylation is 2.